The molecule has 0 aliphatic carbocycles. The number of amides is 2. The van der Waals surface area contributed by atoms with Crippen LogP contribution in [0.2, 0.25) is 0 Å². The molecule has 2 amide bonds. The Bertz CT molecular complexity index is 921. The Morgan fingerprint density at radius 3 is 2.72 bits per heavy atom. The van der Waals surface area contributed by atoms with E-state index in [1.165, 1.54) is 6.92 Å². The molecule has 1 saturated heterocycles. The smallest absolute Gasteiger partial charge is 0.271 e. The molecule has 1 unspecified atom stereocenters. The number of piperidine rings is 1. The molecule has 1 aliphatic heterocycles. The van der Waals surface area contributed by atoms with E-state index in [0.717, 1.165) is 31.6 Å². The Morgan fingerprint density at radius 2 is 2.03 bits per heavy atom. The number of aromatic nitrogens is 2. The number of carbonyl (C=O) groups is 2. The largest absolute Gasteiger partial charge is 0.491 e. The van der Waals surface area contributed by atoms with Crippen LogP contribution in [0.5, 0.6) is 5.75 Å². The highest BCUT2D eigenvalue weighted by Gasteiger charge is 2.23. The van der Waals surface area contributed by atoms with Gasteiger partial charge in [0.25, 0.3) is 5.91 Å². The molecule has 0 bridgehead atoms. The Balaban J connectivity index is 1.73. The van der Waals surface area contributed by atoms with Gasteiger partial charge in [0, 0.05) is 39.4 Å². The summed E-state index contributed by atoms with van der Waals surface area (Å²) in [6, 6.07) is 7.28. The van der Waals surface area contributed by atoms with Crippen molar-refractivity contribution in [1.82, 2.24) is 15.3 Å². The van der Waals surface area contributed by atoms with Crippen LogP contribution in [-0.4, -0.2) is 61.7 Å². The molecule has 1 atom stereocenters. The van der Waals surface area contributed by atoms with Gasteiger partial charge in [-0.05, 0) is 43.0 Å². The van der Waals surface area contributed by atoms with Crippen LogP contribution < -0.4 is 26.0 Å². The highest BCUT2D eigenvalue weighted by Crippen LogP contribution is 2.25. The summed E-state index contributed by atoms with van der Waals surface area (Å²) in [6.45, 7) is 4.69. The van der Waals surface area contributed by atoms with E-state index < -0.39 is 5.91 Å². The molecule has 0 radical (unpaired) electrons. The fourth-order valence-electron chi connectivity index (χ4n) is 3.54. The molecule has 4 N–H and O–H groups in total. The SMILES string of the molecule is COCCOc1ccc(Nc2nc(N3CCCC(CNC(C)=O)C3)cnc2C(N)=O)cc1. The third-order valence-electron chi connectivity index (χ3n) is 5.15. The van der Waals surface area contributed by atoms with Crippen molar-refractivity contribution >= 4 is 29.1 Å². The minimum absolute atomic E-state index is 0.0330. The summed E-state index contributed by atoms with van der Waals surface area (Å²) >= 11 is 0. The van der Waals surface area contributed by atoms with Crippen LogP contribution in [0.25, 0.3) is 0 Å². The summed E-state index contributed by atoms with van der Waals surface area (Å²) < 4.78 is 10.5. The summed E-state index contributed by atoms with van der Waals surface area (Å²) in [5, 5.41) is 6.02. The molecule has 10 nitrogen and oxygen atoms in total. The zero-order valence-corrected chi connectivity index (χ0v) is 18.5. The predicted molar refractivity (Wildman–Crippen MR) is 121 cm³/mol. The van der Waals surface area contributed by atoms with Gasteiger partial charge in [0.05, 0.1) is 12.8 Å². The zero-order valence-electron chi connectivity index (χ0n) is 18.5. The quantitative estimate of drug-likeness (QED) is 0.474. The molecular weight excluding hydrogens is 412 g/mol. The topological polar surface area (TPSA) is 132 Å². The maximum atomic E-state index is 11.9. The molecule has 3 rings (SSSR count). The maximum Gasteiger partial charge on any atom is 0.271 e. The van der Waals surface area contributed by atoms with Crippen LogP contribution in [0, 0.1) is 5.92 Å². The average Bonchev–Trinajstić information content (AvgIpc) is 2.79. The lowest BCUT2D eigenvalue weighted by molar-refractivity contribution is -0.119. The van der Waals surface area contributed by atoms with Gasteiger partial charge < -0.3 is 30.7 Å². The highest BCUT2D eigenvalue weighted by molar-refractivity contribution is 5.96. The number of nitrogens with one attached hydrogen (secondary N) is 2. The fraction of sp³-hybridized carbons (Fsp3) is 0.455. The van der Waals surface area contributed by atoms with E-state index in [0.29, 0.717) is 43.1 Å². The highest BCUT2D eigenvalue weighted by atomic mass is 16.5. The summed E-state index contributed by atoms with van der Waals surface area (Å²) in [5.74, 6) is 1.30. The molecule has 1 fully saturated rings. The number of hydrogen-bond donors (Lipinski definition) is 3. The van der Waals surface area contributed by atoms with E-state index in [1.807, 2.05) is 24.3 Å². The molecule has 2 aromatic rings. The minimum atomic E-state index is -0.659. The molecule has 0 spiro atoms. The van der Waals surface area contributed by atoms with Crippen LogP contribution in [0.15, 0.2) is 30.5 Å². The molecule has 172 valence electrons. The number of ether oxygens (including phenoxy) is 2. The molecule has 1 aliphatic rings. The van der Waals surface area contributed by atoms with Crippen molar-refractivity contribution in [2.45, 2.75) is 19.8 Å². The maximum absolute atomic E-state index is 11.9. The lowest BCUT2D eigenvalue weighted by Crippen LogP contribution is -2.41. The third kappa shape index (κ3) is 6.55. The van der Waals surface area contributed by atoms with Crippen molar-refractivity contribution in [1.29, 1.82) is 0 Å². The number of primary amides is 1. The van der Waals surface area contributed by atoms with Crippen LogP contribution >= 0.6 is 0 Å². The number of carbonyl (C=O) groups excluding carboxylic acids is 2. The van der Waals surface area contributed by atoms with Gasteiger partial charge in [0.15, 0.2) is 11.5 Å². The van der Waals surface area contributed by atoms with Gasteiger partial charge in [0.1, 0.15) is 18.2 Å². The lowest BCUT2D eigenvalue weighted by atomic mass is 9.98. The Hall–Kier alpha value is -3.40. The van der Waals surface area contributed by atoms with Crippen LogP contribution in [-0.2, 0) is 9.53 Å². The molecule has 1 aromatic heterocycles. The van der Waals surface area contributed by atoms with E-state index in [9.17, 15) is 9.59 Å². The van der Waals surface area contributed by atoms with Crippen molar-refractivity contribution < 1.29 is 19.1 Å². The summed E-state index contributed by atoms with van der Waals surface area (Å²) in [6.07, 6.45) is 3.59. The Morgan fingerprint density at radius 1 is 1.25 bits per heavy atom. The standard InChI is InChI=1S/C22H30N6O4/c1-15(29)24-12-16-4-3-9-28(14-16)19-13-25-20(21(23)30)22(27-19)26-17-5-7-18(8-6-17)32-11-10-31-2/h5-8,13,16H,3-4,9-12,14H2,1-2H3,(H2,23,30)(H,24,29)(H,26,27). The van der Waals surface area contributed by atoms with E-state index in [2.05, 4.69) is 25.5 Å². The molecular formula is C22H30N6O4. The third-order valence-corrected chi connectivity index (χ3v) is 5.15. The first-order valence-corrected chi connectivity index (χ1v) is 10.6. The number of hydrogen-bond acceptors (Lipinski definition) is 8. The van der Waals surface area contributed by atoms with Crippen LogP contribution in [0.4, 0.5) is 17.3 Å². The lowest BCUT2D eigenvalue weighted by Gasteiger charge is -2.33. The summed E-state index contributed by atoms with van der Waals surface area (Å²) in [4.78, 5) is 34.2. The van der Waals surface area contributed by atoms with Gasteiger partial charge in [-0.2, -0.15) is 0 Å². The van der Waals surface area contributed by atoms with Gasteiger partial charge in [-0.15, -0.1) is 0 Å². The monoisotopic (exact) mass is 442 g/mol. The van der Waals surface area contributed by atoms with E-state index in [1.54, 1.807) is 13.3 Å². The number of benzene rings is 1. The van der Waals surface area contributed by atoms with Crippen molar-refractivity contribution in [3.8, 4) is 5.75 Å². The first kappa shape index (κ1) is 23.3. The van der Waals surface area contributed by atoms with Gasteiger partial charge in [-0.3, -0.25) is 9.59 Å². The van der Waals surface area contributed by atoms with Crippen LogP contribution in [0.3, 0.4) is 0 Å². The summed E-state index contributed by atoms with van der Waals surface area (Å²) in [5.41, 5.74) is 6.30. The Kier molecular flexibility index (Phi) is 8.20. The van der Waals surface area contributed by atoms with Gasteiger partial charge >= 0.3 is 0 Å². The second kappa shape index (κ2) is 11.3. The van der Waals surface area contributed by atoms with Crippen molar-refractivity contribution in [2.75, 3.05) is 50.2 Å². The van der Waals surface area contributed by atoms with E-state index in [4.69, 9.17) is 15.2 Å². The van der Waals surface area contributed by atoms with Gasteiger partial charge in [-0.25, -0.2) is 9.97 Å². The van der Waals surface area contributed by atoms with Gasteiger partial charge in [0.2, 0.25) is 5.91 Å². The molecule has 2 heterocycles. The number of rotatable bonds is 10. The second-order valence-electron chi connectivity index (χ2n) is 7.67. The minimum Gasteiger partial charge on any atom is -0.491 e. The molecule has 1 aromatic carbocycles. The normalized spacial score (nSPS) is 15.8. The Labute approximate surface area is 187 Å². The number of nitrogens with zero attached hydrogens (tertiary/aromatic N) is 3. The van der Waals surface area contributed by atoms with Crippen molar-refractivity contribution in [3.63, 3.8) is 0 Å². The number of methoxy groups -OCH3 is 1. The molecule has 10 heteroatoms. The predicted octanol–water partition coefficient (Wildman–Crippen LogP) is 1.70. The summed E-state index contributed by atoms with van der Waals surface area (Å²) in [7, 11) is 1.62. The fourth-order valence-corrected chi connectivity index (χ4v) is 3.54. The average molecular weight is 443 g/mol. The number of anilines is 3. The number of nitrogens with two attached hydrogens (primary N) is 1. The van der Waals surface area contributed by atoms with Gasteiger partial charge in [-0.1, -0.05) is 0 Å². The molecule has 0 saturated carbocycles. The van der Waals surface area contributed by atoms with Crippen molar-refractivity contribution in [2.24, 2.45) is 11.7 Å². The molecule has 32 heavy (non-hydrogen) atoms. The second-order valence-corrected chi connectivity index (χ2v) is 7.67. The zero-order chi connectivity index (χ0) is 22.9. The first-order valence-electron chi connectivity index (χ1n) is 10.6. The first-order chi connectivity index (χ1) is 15.5. The van der Waals surface area contributed by atoms with E-state index >= 15 is 0 Å². The van der Waals surface area contributed by atoms with Crippen molar-refractivity contribution in [3.05, 3.63) is 36.2 Å². The van der Waals surface area contributed by atoms with E-state index in [-0.39, 0.29) is 11.6 Å². The van der Waals surface area contributed by atoms with Crippen LogP contribution in [0.1, 0.15) is 30.3 Å².